The van der Waals surface area contributed by atoms with Crippen molar-refractivity contribution in [2.75, 3.05) is 5.73 Å². The highest BCUT2D eigenvalue weighted by Gasteiger charge is 2.08. The fraction of sp³-hybridized carbons (Fsp3) is 0. The molecule has 0 spiro atoms. The first kappa shape index (κ1) is 11.7. The van der Waals surface area contributed by atoms with Gasteiger partial charge in [0.1, 0.15) is 17.1 Å². The second-order valence-corrected chi connectivity index (χ2v) is 4.69. The van der Waals surface area contributed by atoms with Gasteiger partial charge in [-0.15, -0.1) is 0 Å². The van der Waals surface area contributed by atoms with Crippen molar-refractivity contribution in [3.63, 3.8) is 0 Å². The van der Waals surface area contributed by atoms with Crippen molar-refractivity contribution in [2.24, 2.45) is 0 Å². The lowest BCUT2D eigenvalue weighted by Gasteiger charge is -2.04. The van der Waals surface area contributed by atoms with Gasteiger partial charge < -0.3 is 10.2 Å². The second kappa shape index (κ2) is 5.11. The summed E-state index contributed by atoms with van der Waals surface area (Å²) in [5.41, 5.74) is 6.73. The predicted molar refractivity (Wildman–Crippen MR) is 72.5 cm³/mol. The van der Waals surface area contributed by atoms with Gasteiger partial charge in [0.2, 0.25) is 0 Å². The molecule has 0 aliphatic rings. The minimum atomic E-state index is 0.419. The van der Waals surface area contributed by atoms with Crippen molar-refractivity contribution in [2.45, 2.75) is 10.2 Å². The number of nitrogens with two attached hydrogens (primary N) is 1. The van der Waals surface area contributed by atoms with E-state index in [1.54, 1.807) is 12.3 Å². The number of hydrogen-bond donors (Lipinski definition) is 1. The molecule has 6 heteroatoms. The molecule has 1 aromatic carbocycles. The summed E-state index contributed by atoms with van der Waals surface area (Å²) in [6.07, 6.45) is 3.11. The van der Waals surface area contributed by atoms with Crippen molar-refractivity contribution >= 4 is 17.6 Å². The molecule has 2 heterocycles. The Morgan fingerprint density at radius 2 is 1.95 bits per heavy atom. The third-order valence-electron chi connectivity index (χ3n) is 2.36. The van der Waals surface area contributed by atoms with Crippen LogP contribution in [0.2, 0.25) is 0 Å². The lowest BCUT2D eigenvalue weighted by atomic mass is 10.2. The average molecular weight is 270 g/mol. The van der Waals surface area contributed by atoms with Crippen LogP contribution in [0, 0.1) is 0 Å². The van der Waals surface area contributed by atoms with Crippen LogP contribution in [0.25, 0.3) is 11.4 Å². The molecule has 0 unspecified atom stereocenters. The number of oxazole rings is 1. The molecule has 0 radical (unpaired) electrons. The van der Waals surface area contributed by atoms with Crippen LogP contribution in [-0.4, -0.2) is 15.0 Å². The van der Waals surface area contributed by atoms with Gasteiger partial charge in [-0.3, -0.25) is 0 Å². The predicted octanol–water partition coefficient (Wildman–Crippen LogP) is 2.87. The number of hydrogen-bond acceptors (Lipinski definition) is 6. The normalized spacial score (nSPS) is 10.5. The Labute approximate surface area is 113 Å². The van der Waals surface area contributed by atoms with Crippen LogP contribution in [0.15, 0.2) is 63.5 Å². The molecule has 2 N–H and O–H groups in total. The molecule has 5 nitrogen and oxygen atoms in total. The van der Waals surface area contributed by atoms with Gasteiger partial charge >= 0.3 is 0 Å². The third kappa shape index (κ3) is 2.74. The number of aromatic nitrogens is 3. The molecule has 0 atom stereocenters. The quantitative estimate of drug-likeness (QED) is 0.737. The van der Waals surface area contributed by atoms with Gasteiger partial charge in [-0.1, -0.05) is 30.3 Å². The van der Waals surface area contributed by atoms with Crippen LogP contribution in [0.5, 0.6) is 0 Å². The summed E-state index contributed by atoms with van der Waals surface area (Å²) < 4.78 is 5.17. The first-order chi connectivity index (χ1) is 9.31. The van der Waals surface area contributed by atoms with E-state index >= 15 is 0 Å². The minimum Gasteiger partial charge on any atom is -0.440 e. The summed E-state index contributed by atoms with van der Waals surface area (Å²) >= 11 is 1.31. The van der Waals surface area contributed by atoms with Gasteiger partial charge in [-0.05, 0) is 11.8 Å². The Balaban J connectivity index is 1.97. The van der Waals surface area contributed by atoms with Crippen molar-refractivity contribution < 1.29 is 4.42 Å². The maximum absolute atomic E-state index is 5.81. The van der Waals surface area contributed by atoms with Crippen LogP contribution in [0.1, 0.15) is 0 Å². The smallest absolute Gasteiger partial charge is 0.261 e. The van der Waals surface area contributed by atoms with Crippen molar-refractivity contribution in [3.05, 3.63) is 48.9 Å². The molecule has 0 aliphatic carbocycles. The van der Waals surface area contributed by atoms with E-state index in [0.717, 1.165) is 5.56 Å². The first-order valence-electron chi connectivity index (χ1n) is 5.58. The van der Waals surface area contributed by atoms with Crippen molar-refractivity contribution in [1.82, 2.24) is 15.0 Å². The molecule has 2 aromatic heterocycles. The number of nitrogens with zero attached hydrogens (tertiary/aromatic N) is 3. The van der Waals surface area contributed by atoms with Crippen LogP contribution >= 0.6 is 11.8 Å². The van der Waals surface area contributed by atoms with Gasteiger partial charge in [0, 0.05) is 11.6 Å². The van der Waals surface area contributed by atoms with E-state index in [1.165, 1.54) is 18.0 Å². The van der Waals surface area contributed by atoms with E-state index in [-0.39, 0.29) is 0 Å². The van der Waals surface area contributed by atoms with Crippen LogP contribution in [0.3, 0.4) is 0 Å². The number of rotatable bonds is 3. The lowest BCUT2D eigenvalue weighted by molar-refractivity contribution is 0.454. The Morgan fingerprint density at radius 3 is 2.68 bits per heavy atom. The molecule has 0 bridgehead atoms. The first-order valence-corrected chi connectivity index (χ1v) is 6.40. The maximum atomic E-state index is 5.81. The van der Waals surface area contributed by atoms with E-state index in [4.69, 9.17) is 10.2 Å². The van der Waals surface area contributed by atoms with Crippen molar-refractivity contribution in [1.29, 1.82) is 0 Å². The van der Waals surface area contributed by atoms with Crippen LogP contribution in [-0.2, 0) is 0 Å². The van der Waals surface area contributed by atoms with E-state index in [0.29, 0.717) is 21.9 Å². The fourth-order valence-corrected chi connectivity index (χ4v) is 2.27. The zero-order valence-corrected chi connectivity index (χ0v) is 10.7. The number of benzene rings is 1. The lowest BCUT2D eigenvalue weighted by Crippen LogP contribution is -1.97. The Hall–Kier alpha value is -2.34. The zero-order valence-electron chi connectivity index (χ0n) is 9.85. The summed E-state index contributed by atoms with van der Waals surface area (Å²) in [5, 5.41) is 1.23. The molecule has 0 fully saturated rings. The van der Waals surface area contributed by atoms with E-state index in [9.17, 15) is 0 Å². The molecule has 0 saturated heterocycles. The highest BCUT2D eigenvalue weighted by atomic mass is 32.2. The monoisotopic (exact) mass is 270 g/mol. The number of anilines is 1. The fourth-order valence-electron chi connectivity index (χ4n) is 1.56. The van der Waals surface area contributed by atoms with Gasteiger partial charge in [-0.2, -0.15) is 0 Å². The van der Waals surface area contributed by atoms with Crippen molar-refractivity contribution in [3.8, 4) is 11.4 Å². The van der Waals surface area contributed by atoms with Gasteiger partial charge in [-0.25, -0.2) is 15.0 Å². The van der Waals surface area contributed by atoms with E-state index < -0.39 is 0 Å². The van der Waals surface area contributed by atoms with Gasteiger partial charge in [0.25, 0.3) is 5.22 Å². The number of nitrogen functional groups attached to an aromatic ring is 1. The third-order valence-corrected chi connectivity index (χ3v) is 3.15. The van der Waals surface area contributed by atoms with Crippen LogP contribution < -0.4 is 5.73 Å². The Kier molecular flexibility index (Phi) is 3.16. The highest BCUT2D eigenvalue weighted by molar-refractivity contribution is 7.99. The topological polar surface area (TPSA) is 77.8 Å². The summed E-state index contributed by atoms with van der Waals surface area (Å²) in [5.74, 6) is 1.01. The van der Waals surface area contributed by atoms with E-state index in [1.807, 2.05) is 30.3 Å². The molecular formula is C13H10N4OS. The Bertz CT molecular complexity index is 670. The molecule has 0 saturated carbocycles. The highest BCUT2D eigenvalue weighted by Crippen LogP contribution is 2.27. The minimum absolute atomic E-state index is 0.419. The van der Waals surface area contributed by atoms with Crippen LogP contribution in [0.4, 0.5) is 5.82 Å². The summed E-state index contributed by atoms with van der Waals surface area (Å²) in [6, 6.07) is 11.4. The summed E-state index contributed by atoms with van der Waals surface area (Å²) in [7, 11) is 0. The molecular weight excluding hydrogens is 260 g/mol. The second-order valence-electron chi connectivity index (χ2n) is 3.72. The molecule has 0 aliphatic heterocycles. The maximum Gasteiger partial charge on any atom is 0.261 e. The van der Waals surface area contributed by atoms with Gasteiger partial charge in [0.15, 0.2) is 5.82 Å². The molecule has 3 rings (SSSR count). The Morgan fingerprint density at radius 1 is 1.11 bits per heavy atom. The molecule has 3 aromatic rings. The van der Waals surface area contributed by atoms with Gasteiger partial charge in [0.05, 0.1) is 6.20 Å². The summed E-state index contributed by atoms with van der Waals surface area (Å²) in [6.45, 7) is 0. The standard InChI is InChI=1S/C13H10N4OS/c14-10-8-11(19-13-15-6-7-18-13)17-12(16-10)9-4-2-1-3-5-9/h1-8H,(H2,14,16,17). The SMILES string of the molecule is Nc1cc(Sc2ncco2)nc(-c2ccccc2)n1. The average Bonchev–Trinajstić information content (AvgIpc) is 2.92. The largest absolute Gasteiger partial charge is 0.440 e. The molecule has 0 amide bonds. The summed E-state index contributed by atoms with van der Waals surface area (Å²) in [4.78, 5) is 12.7. The zero-order chi connectivity index (χ0) is 13.1. The molecule has 19 heavy (non-hydrogen) atoms. The van der Waals surface area contributed by atoms with E-state index in [2.05, 4.69) is 15.0 Å². The molecule has 94 valence electrons.